The molecule has 0 aliphatic rings. The van der Waals surface area contributed by atoms with Gasteiger partial charge in [-0.1, -0.05) is 12.1 Å². The van der Waals surface area contributed by atoms with E-state index in [9.17, 15) is 4.79 Å². The molecule has 0 bridgehead atoms. The number of nitriles is 1. The Morgan fingerprint density at radius 3 is 2.79 bits per heavy atom. The number of nitrogens with zero attached hydrogens (tertiary/aromatic N) is 2. The molecule has 96 valence electrons. The van der Waals surface area contributed by atoms with E-state index in [2.05, 4.69) is 21.4 Å². The lowest BCUT2D eigenvalue weighted by Crippen LogP contribution is -2.14. The maximum absolute atomic E-state index is 11.5. The molecule has 1 heterocycles. The van der Waals surface area contributed by atoms with Gasteiger partial charge in [-0.2, -0.15) is 5.26 Å². The molecule has 6 heteroatoms. The van der Waals surface area contributed by atoms with E-state index in [4.69, 9.17) is 10.00 Å². The number of anilines is 1. The molecule has 0 aliphatic heterocycles. The van der Waals surface area contributed by atoms with Gasteiger partial charge < -0.3 is 15.0 Å². The highest BCUT2D eigenvalue weighted by atomic mass is 16.5. The molecule has 1 aromatic carbocycles. The molecule has 0 aliphatic carbocycles. The standard InChI is InChI=1S/C13H12N4O2/c1-19-11-12(16-8-17-13(11)18)15-7-10-4-2-9(6-14)3-5-10/h2-5,8H,7H2,1H3,(H2,15,16,17,18). The summed E-state index contributed by atoms with van der Waals surface area (Å²) in [5, 5.41) is 11.7. The van der Waals surface area contributed by atoms with Crippen molar-refractivity contribution >= 4 is 5.82 Å². The normalized spacial score (nSPS) is 9.68. The number of ether oxygens (including phenoxy) is 1. The van der Waals surface area contributed by atoms with Crippen LogP contribution >= 0.6 is 0 Å². The van der Waals surface area contributed by atoms with E-state index in [1.54, 1.807) is 12.1 Å². The Bertz CT molecular complexity index is 656. The lowest BCUT2D eigenvalue weighted by molar-refractivity contribution is 0.408. The highest BCUT2D eigenvalue weighted by molar-refractivity contribution is 5.48. The van der Waals surface area contributed by atoms with Gasteiger partial charge in [0.15, 0.2) is 5.82 Å². The molecule has 2 rings (SSSR count). The first-order chi connectivity index (χ1) is 9.24. The van der Waals surface area contributed by atoms with Crippen LogP contribution < -0.4 is 15.6 Å². The summed E-state index contributed by atoms with van der Waals surface area (Å²) < 4.78 is 4.99. The molecule has 0 fully saturated rings. The zero-order valence-electron chi connectivity index (χ0n) is 10.3. The molecular formula is C13H12N4O2. The number of benzene rings is 1. The Kier molecular flexibility index (Phi) is 3.78. The van der Waals surface area contributed by atoms with Crippen molar-refractivity contribution < 1.29 is 4.74 Å². The molecule has 0 saturated heterocycles. The Labute approximate surface area is 109 Å². The van der Waals surface area contributed by atoms with Gasteiger partial charge >= 0.3 is 0 Å². The summed E-state index contributed by atoms with van der Waals surface area (Å²) in [6.07, 6.45) is 1.31. The highest BCUT2D eigenvalue weighted by Crippen LogP contribution is 2.15. The Morgan fingerprint density at radius 2 is 2.16 bits per heavy atom. The second-order valence-corrected chi connectivity index (χ2v) is 3.78. The van der Waals surface area contributed by atoms with Gasteiger partial charge in [0, 0.05) is 6.54 Å². The van der Waals surface area contributed by atoms with Crippen LogP contribution in [0.4, 0.5) is 5.82 Å². The van der Waals surface area contributed by atoms with Gasteiger partial charge in [0.2, 0.25) is 5.75 Å². The average molecular weight is 256 g/mol. The van der Waals surface area contributed by atoms with E-state index in [-0.39, 0.29) is 11.3 Å². The number of rotatable bonds is 4. The fraction of sp³-hybridized carbons (Fsp3) is 0.154. The molecule has 1 aromatic heterocycles. The van der Waals surface area contributed by atoms with Crippen LogP contribution in [0.25, 0.3) is 0 Å². The molecule has 2 N–H and O–H groups in total. The van der Waals surface area contributed by atoms with E-state index in [0.717, 1.165) is 5.56 Å². The first-order valence-corrected chi connectivity index (χ1v) is 5.59. The summed E-state index contributed by atoms with van der Waals surface area (Å²) in [7, 11) is 1.42. The van der Waals surface area contributed by atoms with Gasteiger partial charge in [-0.15, -0.1) is 0 Å². The van der Waals surface area contributed by atoms with Crippen LogP contribution in [0, 0.1) is 11.3 Å². The van der Waals surface area contributed by atoms with E-state index in [1.165, 1.54) is 13.4 Å². The minimum absolute atomic E-state index is 0.149. The van der Waals surface area contributed by atoms with Crippen molar-refractivity contribution in [1.82, 2.24) is 9.97 Å². The first-order valence-electron chi connectivity index (χ1n) is 5.59. The fourth-order valence-electron chi connectivity index (χ4n) is 1.59. The molecule has 2 aromatic rings. The molecule has 0 atom stereocenters. The SMILES string of the molecule is COc1c(NCc2ccc(C#N)cc2)nc[nH]c1=O. The molecule has 0 spiro atoms. The van der Waals surface area contributed by atoms with Crippen LogP contribution in [0.2, 0.25) is 0 Å². The van der Waals surface area contributed by atoms with Crippen molar-refractivity contribution in [2.75, 3.05) is 12.4 Å². The van der Waals surface area contributed by atoms with Gasteiger partial charge in [-0.25, -0.2) is 4.98 Å². The molecular weight excluding hydrogens is 244 g/mol. The molecule has 19 heavy (non-hydrogen) atoms. The molecule has 0 saturated carbocycles. The highest BCUT2D eigenvalue weighted by Gasteiger charge is 2.07. The van der Waals surface area contributed by atoms with Gasteiger partial charge in [-0.3, -0.25) is 4.79 Å². The molecule has 0 unspecified atom stereocenters. The summed E-state index contributed by atoms with van der Waals surface area (Å²) >= 11 is 0. The van der Waals surface area contributed by atoms with E-state index >= 15 is 0 Å². The maximum Gasteiger partial charge on any atom is 0.295 e. The van der Waals surface area contributed by atoms with Crippen molar-refractivity contribution in [2.24, 2.45) is 0 Å². The summed E-state index contributed by atoms with van der Waals surface area (Å²) in [5.74, 6) is 0.534. The van der Waals surface area contributed by atoms with Crippen molar-refractivity contribution in [2.45, 2.75) is 6.54 Å². The zero-order valence-corrected chi connectivity index (χ0v) is 10.3. The first kappa shape index (κ1) is 12.6. The maximum atomic E-state index is 11.5. The molecule has 0 radical (unpaired) electrons. The number of nitrogens with one attached hydrogen (secondary N) is 2. The third-order valence-electron chi connectivity index (χ3n) is 2.56. The van der Waals surface area contributed by atoms with Crippen molar-refractivity contribution in [1.29, 1.82) is 5.26 Å². The topological polar surface area (TPSA) is 90.8 Å². The number of aromatic nitrogens is 2. The Morgan fingerprint density at radius 1 is 1.42 bits per heavy atom. The Hall–Kier alpha value is -2.81. The number of hydrogen-bond donors (Lipinski definition) is 2. The average Bonchev–Trinajstić information content (AvgIpc) is 2.45. The largest absolute Gasteiger partial charge is 0.489 e. The minimum atomic E-state index is -0.333. The molecule has 6 nitrogen and oxygen atoms in total. The quantitative estimate of drug-likeness (QED) is 0.859. The van der Waals surface area contributed by atoms with Crippen LogP contribution in [0.1, 0.15) is 11.1 Å². The predicted octanol–water partition coefficient (Wildman–Crippen LogP) is 1.26. The lowest BCUT2D eigenvalue weighted by Gasteiger charge is -2.08. The van der Waals surface area contributed by atoms with Crippen LogP contribution in [-0.4, -0.2) is 17.1 Å². The van der Waals surface area contributed by atoms with Gasteiger partial charge in [0.1, 0.15) is 0 Å². The van der Waals surface area contributed by atoms with Crippen molar-refractivity contribution in [3.8, 4) is 11.8 Å². The third-order valence-corrected chi connectivity index (χ3v) is 2.56. The van der Waals surface area contributed by atoms with Gasteiger partial charge in [-0.05, 0) is 17.7 Å². The smallest absolute Gasteiger partial charge is 0.295 e. The van der Waals surface area contributed by atoms with Crippen LogP contribution in [-0.2, 0) is 6.54 Å². The minimum Gasteiger partial charge on any atom is -0.489 e. The summed E-state index contributed by atoms with van der Waals surface area (Å²) in [4.78, 5) is 17.9. The van der Waals surface area contributed by atoms with Crippen LogP contribution in [0.3, 0.4) is 0 Å². The number of methoxy groups -OCH3 is 1. The van der Waals surface area contributed by atoms with Crippen LogP contribution in [0.15, 0.2) is 35.4 Å². The summed E-state index contributed by atoms with van der Waals surface area (Å²) in [6, 6.07) is 9.20. The van der Waals surface area contributed by atoms with E-state index in [1.807, 2.05) is 12.1 Å². The van der Waals surface area contributed by atoms with Gasteiger partial charge in [0.25, 0.3) is 5.56 Å². The Balaban J connectivity index is 2.12. The third kappa shape index (κ3) is 2.90. The number of H-pyrrole nitrogens is 1. The second kappa shape index (κ2) is 5.69. The fourth-order valence-corrected chi connectivity index (χ4v) is 1.59. The zero-order chi connectivity index (χ0) is 13.7. The number of hydrogen-bond acceptors (Lipinski definition) is 5. The summed E-state index contributed by atoms with van der Waals surface area (Å²) in [5.41, 5.74) is 1.25. The van der Waals surface area contributed by atoms with Crippen LogP contribution in [0.5, 0.6) is 5.75 Å². The predicted molar refractivity (Wildman–Crippen MR) is 69.9 cm³/mol. The van der Waals surface area contributed by atoms with E-state index in [0.29, 0.717) is 17.9 Å². The monoisotopic (exact) mass is 256 g/mol. The van der Waals surface area contributed by atoms with Crippen molar-refractivity contribution in [3.63, 3.8) is 0 Å². The van der Waals surface area contributed by atoms with Gasteiger partial charge in [0.05, 0.1) is 25.1 Å². The lowest BCUT2D eigenvalue weighted by atomic mass is 10.1. The van der Waals surface area contributed by atoms with E-state index < -0.39 is 0 Å². The molecule has 0 amide bonds. The number of aromatic amines is 1. The van der Waals surface area contributed by atoms with Crippen molar-refractivity contribution in [3.05, 3.63) is 52.1 Å². The summed E-state index contributed by atoms with van der Waals surface area (Å²) in [6.45, 7) is 0.485. The second-order valence-electron chi connectivity index (χ2n) is 3.78.